The van der Waals surface area contributed by atoms with Crippen LogP contribution in [0.2, 0.25) is 10.0 Å². The minimum Gasteiger partial charge on any atom is -0.493 e. The number of anilines is 1. The van der Waals surface area contributed by atoms with Gasteiger partial charge in [-0.25, -0.2) is 4.98 Å². The number of hydrogen-bond donors (Lipinski definition) is 2. The number of aromatic nitrogens is 2. The first-order valence-electron chi connectivity index (χ1n) is 11.6. The van der Waals surface area contributed by atoms with E-state index in [1.807, 2.05) is 35.0 Å². The Kier molecular flexibility index (Phi) is 6.84. The standard InChI is InChI=1S/C27H25Cl2N3O3/c28-20-12-19(13-21(29)15-20)25(16-26(33)34)32-10-7-18-14-23(5-6-24(18)32)35-11-8-22-4-3-17-2-1-9-30-27(17)31-22/h3-7,10,12-15,25H,1-2,8-9,11,16H2,(H,30,31)(H,33,34). The van der Waals surface area contributed by atoms with Crippen molar-refractivity contribution in [3.8, 4) is 5.75 Å². The maximum Gasteiger partial charge on any atom is 0.305 e. The quantitative estimate of drug-likeness (QED) is 0.288. The summed E-state index contributed by atoms with van der Waals surface area (Å²) in [6.07, 6.45) is 4.72. The molecular weight excluding hydrogens is 485 g/mol. The van der Waals surface area contributed by atoms with Crippen molar-refractivity contribution in [1.82, 2.24) is 9.55 Å². The van der Waals surface area contributed by atoms with E-state index >= 15 is 0 Å². The summed E-state index contributed by atoms with van der Waals surface area (Å²) >= 11 is 12.4. The number of rotatable bonds is 8. The van der Waals surface area contributed by atoms with Crippen molar-refractivity contribution in [1.29, 1.82) is 0 Å². The Morgan fingerprint density at radius 3 is 2.74 bits per heavy atom. The second-order valence-electron chi connectivity index (χ2n) is 8.70. The van der Waals surface area contributed by atoms with Crippen LogP contribution in [-0.2, 0) is 17.6 Å². The molecule has 6 nitrogen and oxygen atoms in total. The number of nitrogens with one attached hydrogen (secondary N) is 1. The lowest BCUT2D eigenvalue weighted by Crippen LogP contribution is -2.14. The van der Waals surface area contributed by atoms with Gasteiger partial charge in [0.2, 0.25) is 0 Å². The molecule has 3 heterocycles. The molecule has 8 heteroatoms. The van der Waals surface area contributed by atoms with Crippen molar-refractivity contribution in [2.75, 3.05) is 18.5 Å². The van der Waals surface area contributed by atoms with Crippen LogP contribution in [-0.4, -0.2) is 33.8 Å². The van der Waals surface area contributed by atoms with Gasteiger partial charge in [-0.05, 0) is 72.5 Å². The van der Waals surface area contributed by atoms with Crippen LogP contribution in [0.25, 0.3) is 10.9 Å². The second-order valence-corrected chi connectivity index (χ2v) is 9.57. The number of carboxylic acids is 1. The van der Waals surface area contributed by atoms with Crippen molar-refractivity contribution in [2.45, 2.75) is 31.7 Å². The van der Waals surface area contributed by atoms with E-state index in [1.54, 1.807) is 18.2 Å². The van der Waals surface area contributed by atoms with Crippen molar-refractivity contribution in [3.63, 3.8) is 0 Å². The van der Waals surface area contributed by atoms with Gasteiger partial charge in [0.25, 0.3) is 0 Å². The predicted octanol–water partition coefficient (Wildman–Crippen LogP) is 6.39. The number of carboxylic acid groups (broad SMARTS) is 1. The van der Waals surface area contributed by atoms with E-state index in [4.69, 9.17) is 32.9 Å². The molecule has 1 unspecified atom stereocenters. The molecular formula is C27H25Cl2N3O3. The molecule has 2 aromatic carbocycles. The highest BCUT2D eigenvalue weighted by molar-refractivity contribution is 6.34. The van der Waals surface area contributed by atoms with E-state index in [0.717, 1.165) is 53.1 Å². The van der Waals surface area contributed by atoms with Crippen LogP contribution < -0.4 is 10.1 Å². The third-order valence-corrected chi connectivity index (χ3v) is 6.68. The number of nitrogens with zero attached hydrogens (tertiary/aromatic N) is 2. The van der Waals surface area contributed by atoms with Crippen LogP contribution in [0.5, 0.6) is 5.75 Å². The molecule has 2 N–H and O–H groups in total. The van der Waals surface area contributed by atoms with Crippen molar-refractivity contribution in [3.05, 3.63) is 87.7 Å². The number of benzene rings is 2. The van der Waals surface area contributed by atoms with E-state index < -0.39 is 12.0 Å². The zero-order valence-electron chi connectivity index (χ0n) is 19.0. The minimum absolute atomic E-state index is 0.0959. The largest absolute Gasteiger partial charge is 0.493 e. The first kappa shape index (κ1) is 23.5. The summed E-state index contributed by atoms with van der Waals surface area (Å²) in [6, 6.07) is 16.7. The normalized spacial score (nSPS) is 13.8. The van der Waals surface area contributed by atoms with E-state index in [0.29, 0.717) is 23.1 Å². The van der Waals surface area contributed by atoms with Gasteiger partial charge in [-0.1, -0.05) is 29.3 Å². The molecule has 0 bridgehead atoms. The molecule has 1 atom stereocenters. The first-order chi connectivity index (χ1) is 17.0. The molecule has 35 heavy (non-hydrogen) atoms. The molecule has 4 aromatic rings. The average molecular weight is 510 g/mol. The summed E-state index contributed by atoms with van der Waals surface area (Å²) < 4.78 is 7.96. The number of aryl methyl sites for hydroxylation is 1. The van der Waals surface area contributed by atoms with Gasteiger partial charge < -0.3 is 19.7 Å². The van der Waals surface area contributed by atoms with Gasteiger partial charge in [0, 0.05) is 45.8 Å². The molecule has 0 spiro atoms. The fourth-order valence-electron chi connectivity index (χ4n) is 4.59. The maximum absolute atomic E-state index is 11.6. The lowest BCUT2D eigenvalue weighted by molar-refractivity contribution is -0.137. The van der Waals surface area contributed by atoms with E-state index in [2.05, 4.69) is 17.4 Å². The number of carbonyl (C=O) groups is 1. The monoisotopic (exact) mass is 509 g/mol. The van der Waals surface area contributed by atoms with E-state index in [9.17, 15) is 9.90 Å². The van der Waals surface area contributed by atoms with Crippen molar-refractivity contribution in [2.24, 2.45) is 0 Å². The molecule has 1 aliphatic rings. The summed E-state index contributed by atoms with van der Waals surface area (Å²) in [5.74, 6) is 0.847. The summed E-state index contributed by atoms with van der Waals surface area (Å²) in [6.45, 7) is 1.48. The van der Waals surface area contributed by atoms with Gasteiger partial charge in [0.15, 0.2) is 0 Å². The summed E-state index contributed by atoms with van der Waals surface area (Å²) in [7, 11) is 0. The number of fused-ring (bicyclic) bond motifs is 2. The zero-order valence-corrected chi connectivity index (χ0v) is 20.5. The Bertz CT molecular complexity index is 1370. The topological polar surface area (TPSA) is 76.4 Å². The fraction of sp³-hybridized carbons (Fsp3) is 0.259. The number of pyridine rings is 1. The minimum atomic E-state index is -0.904. The number of ether oxygens (including phenoxy) is 1. The van der Waals surface area contributed by atoms with Crippen LogP contribution in [0.3, 0.4) is 0 Å². The molecule has 0 fully saturated rings. The lowest BCUT2D eigenvalue weighted by Gasteiger charge is -2.20. The van der Waals surface area contributed by atoms with Crippen molar-refractivity contribution < 1.29 is 14.6 Å². The Morgan fingerprint density at radius 2 is 1.94 bits per heavy atom. The molecule has 0 radical (unpaired) electrons. The van der Waals surface area contributed by atoms with Crippen LogP contribution >= 0.6 is 23.2 Å². The van der Waals surface area contributed by atoms with Gasteiger partial charge in [0.1, 0.15) is 11.6 Å². The van der Waals surface area contributed by atoms with E-state index in [1.165, 1.54) is 5.56 Å². The smallest absolute Gasteiger partial charge is 0.305 e. The average Bonchev–Trinajstić information content (AvgIpc) is 3.25. The molecule has 2 aromatic heterocycles. The zero-order chi connectivity index (χ0) is 24.4. The van der Waals surface area contributed by atoms with Gasteiger partial charge in [0.05, 0.1) is 19.1 Å². The lowest BCUT2D eigenvalue weighted by atomic mass is 10.0. The number of halogens is 2. The Balaban J connectivity index is 1.33. The highest BCUT2D eigenvalue weighted by Crippen LogP contribution is 2.32. The molecule has 0 amide bonds. The van der Waals surface area contributed by atoms with Gasteiger partial charge >= 0.3 is 5.97 Å². The Hall–Kier alpha value is -3.22. The second kappa shape index (κ2) is 10.2. The Morgan fingerprint density at radius 1 is 1.11 bits per heavy atom. The molecule has 0 aliphatic carbocycles. The Labute approximate surface area is 213 Å². The van der Waals surface area contributed by atoms with Gasteiger partial charge in [-0.2, -0.15) is 0 Å². The highest BCUT2D eigenvalue weighted by Gasteiger charge is 2.20. The first-order valence-corrected chi connectivity index (χ1v) is 12.4. The van der Waals surface area contributed by atoms with Crippen LogP contribution in [0, 0.1) is 0 Å². The van der Waals surface area contributed by atoms with Gasteiger partial charge in [-0.15, -0.1) is 0 Å². The molecule has 0 saturated heterocycles. The van der Waals surface area contributed by atoms with E-state index in [-0.39, 0.29) is 6.42 Å². The predicted molar refractivity (Wildman–Crippen MR) is 139 cm³/mol. The van der Waals surface area contributed by atoms with Crippen LogP contribution in [0.1, 0.15) is 35.7 Å². The summed E-state index contributed by atoms with van der Waals surface area (Å²) in [5, 5.41) is 14.8. The molecule has 1 aliphatic heterocycles. The fourth-order valence-corrected chi connectivity index (χ4v) is 5.14. The highest BCUT2D eigenvalue weighted by atomic mass is 35.5. The van der Waals surface area contributed by atoms with Crippen LogP contribution in [0.4, 0.5) is 5.82 Å². The van der Waals surface area contributed by atoms with Gasteiger partial charge in [-0.3, -0.25) is 4.79 Å². The molecule has 0 saturated carbocycles. The third kappa shape index (κ3) is 5.39. The number of hydrogen-bond acceptors (Lipinski definition) is 4. The van der Waals surface area contributed by atoms with Crippen molar-refractivity contribution >= 4 is 45.9 Å². The summed E-state index contributed by atoms with van der Waals surface area (Å²) in [5.41, 5.74) is 3.93. The number of aliphatic carboxylic acids is 1. The maximum atomic E-state index is 11.6. The molecule has 180 valence electrons. The van der Waals surface area contributed by atoms with Crippen LogP contribution in [0.15, 0.2) is 60.8 Å². The summed E-state index contributed by atoms with van der Waals surface area (Å²) in [4.78, 5) is 16.4. The third-order valence-electron chi connectivity index (χ3n) is 6.24. The molecule has 5 rings (SSSR count). The SMILES string of the molecule is O=C(O)CC(c1cc(Cl)cc(Cl)c1)n1ccc2cc(OCCc3ccc4c(n3)NCCC4)ccc21.